The molecule has 1 aliphatic carbocycles. The third-order valence-corrected chi connectivity index (χ3v) is 3.95. The van der Waals surface area contributed by atoms with Crippen LogP contribution in [0.3, 0.4) is 0 Å². The Kier molecular flexibility index (Phi) is 5.71. The molecule has 2 nitrogen and oxygen atoms in total. The van der Waals surface area contributed by atoms with Gasteiger partial charge in [-0.15, -0.1) is 0 Å². The minimum atomic E-state index is 0.840. The van der Waals surface area contributed by atoms with Crippen molar-refractivity contribution in [3.8, 4) is 0 Å². The number of anilines is 1. The molecule has 0 bridgehead atoms. The molecule has 2 rings (SSSR count). The average molecular weight is 260 g/mol. The van der Waals surface area contributed by atoms with Crippen molar-refractivity contribution in [3.63, 3.8) is 0 Å². The Morgan fingerprint density at radius 1 is 1.16 bits per heavy atom. The van der Waals surface area contributed by atoms with Crippen molar-refractivity contribution in [1.82, 2.24) is 4.90 Å². The van der Waals surface area contributed by atoms with E-state index in [9.17, 15) is 0 Å². The Morgan fingerprint density at radius 3 is 2.63 bits per heavy atom. The van der Waals surface area contributed by atoms with E-state index in [1.165, 1.54) is 57.1 Å². The van der Waals surface area contributed by atoms with Gasteiger partial charge in [0.2, 0.25) is 0 Å². The van der Waals surface area contributed by atoms with E-state index < -0.39 is 0 Å². The second kappa shape index (κ2) is 7.54. The van der Waals surface area contributed by atoms with E-state index in [2.05, 4.69) is 30.0 Å². The zero-order valence-corrected chi connectivity index (χ0v) is 12.3. The van der Waals surface area contributed by atoms with Crippen LogP contribution in [0.5, 0.6) is 0 Å². The number of hydrogen-bond donors (Lipinski definition) is 1. The molecule has 0 spiro atoms. The van der Waals surface area contributed by atoms with Gasteiger partial charge in [-0.25, -0.2) is 0 Å². The topological polar surface area (TPSA) is 29.3 Å². The SMILES string of the molecule is CCCCCCCN(Cc1cccc(N)c1)C1CC1. The number of hydrogen-bond acceptors (Lipinski definition) is 2. The molecule has 2 N–H and O–H groups in total. The van der Waals surface area contributed by atoms with Crippen LogP contribution in [0.4, 0.5) is 5.69 Å². The lowest BCUT2D eigenvalue weighted by Crippen LogP contribution is -2.26. The van der Waals surface area contributed by atoms with Crippen molar-refractivity contribution in [2.24, 2.45) is 0 Å². The summed E-state index contributed by atoms with van der Waals surface area (Å²) in [6.45, 7) is 4.60. The molecule has 2 heteroatoms. The largest absolute Gasteiger partial charge is 0.399 e. The maximum atomic E-state index is 5.86. The summed E-state index contributed by atoms with van der Waals surface area (Å²) < 4.78 is 0. The molecule has 1 aliphatic rings. The van der Waals surface area contributed by atoms with Crippen molar-refractivity contribution in [3.05, 3.63) is 29.8 Å². The standard InChI is InChI=1S/C17H28N2/c1-2-3-4-5-6-12-19(17-10-11-17)14-15-8-7-9-16(18)13-15/h7-9,13,17H,2-6,10-12,14,18H2,1H3. The first-order valence-corrected chi connectivity index (χ1v) is 7.88. The maximum absolute atomic E-state index is 5.86. The minimum Gasteiger partial charge on any atom is -0.399 e. The van der Waals surface area contributed by atoms with Crippen LogP contribution in [0, 0.1) is 0 Å². The summed E-state index contributed by atoms with van der Waals surface area (Å²) in [5, 5.41) is 0. The van der Waals surface area contributed by atoms with E-state index in [0.717, 1.165) is 18.3 Å². The molecular weight excluding hydrogens is 232 g/mol. The summed E-state index contributed by atoms with van der Waals surface area (Å²) in [6, 6.07) is 9.19. The van der Waals surface area contributed by atoms with E-state index in [1.54, 1.807) is 0 Å². The highest BCUT2D eigenvalue weighted by atomic mass is 15.2. The predicted molar refractivity (Wildman–Crippen MR) is 83.0 cm³/mol. The summed E-state index contributed by atoms with van der Waals surface area (Å²) in [5.74, 6) is 0. The third-order valence-electron chi connectivity index (χ3n) is 3.95. The van der Waals surface area contributed by atoms with Crippen LogP contribution in [0.2, 0.25) is 0 Å². The van der Waals surface area contributed by atoms with Gasteiger partial charge in [0.15, 0.2) is 0 Å². The molecule has 0 saturated heterocycles. The summed E-state index contributed by atoms with van der Waals surface area (Å²) in [4.78, 5) is 2.65. The van der Waals surface area contributed by atoms with Crippen molar-refractivity contribution in [1.29, 1.82) is 0 Å². The van der Waals surface area contributed by atoms with E-state index in [4.69, 9.17) is 5.73 Å². The van der Waals surface area contributed by atoms with Gasteiger partial charge in [-0.3, -0.25) is 4.90 Å². The van der Waals surface area contributed by atoms with E-state index in [0.29, 0.717) is 0 Å². The number of nitrogens with two attached hydrogens (primary N) is 1. The van der Waals surface area contributed by atoms with Crippen molar-refractivity contribution in [2.45, 2.75) is 64.5 Å². The van der Waals surface area contributed by atoms with Crippen LogP contribution < -0.4 is 5.73 Å². The molecule has 1 aromatic rings. The molecule has 0 atom stereocenters. The number of benzene rings is 1. The van der Waals surface area contributed by atoms with Crippen molar-refractivity contribution >= 4 is 5.69 Å². The predicted octanol–water partition coefficient (Wildman–Crippen LogP) is 4.20. The van der Waals surface area contributed by atoms with Gasteiger partial charge < -0.3 is 5.73 Å². The second-order valence-corrected chi connectivity index (χ2v) is 5.86. The fourth-order valence-electron chi connectivity index (χ4n) is 2.67. The highest BCUT2D eigenvalue weighted by Crippen LogP contribution is 2.29. The normalized spacial score (nSPS) is 15.1. The summed E-state index contributed by atoms with van der Waals surface area (Å²) in [5.41, 5.74) is 8.11. The van der Waals surface area contributed by atoms with Gasteiger partial charge in [0.25, 0.3) is 0 Å². The summed E-state index contributed by atoms with van der Waals surface area (Å²) in [6.07, 6.45) is 9.61. The quantitative estimate of drug-likeness (QED) is 0.532. The van der Waals surface area contributed by atoms with Gasteiger partial charge in [0, 0.05) is 18.3 Å². The zero-order valence-electron chi connectivity index (χ0n) is 12.3. The lowest BCUT2D eigenvalue weighted by Gasteiger charge is -2.22. The van der Waals surface area contributed by atoms with E-state index in [1.807, 2.05) is 6.07 Å². The fraction of sp³-hybridized carbons (Fsp3) is 0.647. The molecule has 0 amide bonds. The summed E-state index contributed by atoms with van der Waals surface area (Å²) >= 11 is 0. The van der Waals surface area contributed by atoms with Crippen molar-refractivity contribution < 1.29 is 0 Å². The smallest absolute Gasteiger partial charge is 0.0317 e. The first-order chi connectivity index (χ1) is 9.29. The lowest BCUT2D eigenvalue weighted by molar-refractivity contribution is 0.248. The molecule has 1 saturated carbocycles. The average Bonchev–Trinajstić information content (AvgIpc) is 3.21. The van der Waals surface area contributed by atoms with Crippen LogP contribution in [0.15, 0.2) is 24.3 Å². The molecule has 1 aromatic carbocycles. The molecule has 0 aromatic heterocycles. The van der Waals surface area contributed by atoms with Crippen molar-refractivity contribution in [2.75, 3.05) is 12.3 Å². The first kappa shape index (κ1) is 14.4. The van der Waals surface area contributed by atoms with Crippen LogP contribution >= 0.6 is 0 Å². The van der Waals surface area contributed by atoms with E-state index in [-0.39, 0.29) is 0 Å². The number of rotatable bonds is 9. The number of nitrogens with zero attached hydrogens (tertiary/aromatic N) is 1. The Morgan fingerprint density at radius 2 is 1.95 bits per heavy atom. The van der Waals surface area contributed by atoms with Crippen LogP contribution in [-0.2, 0) is 6.54 Å². The van der Waals surface area contributed by atoms with Gasteiger partial charge in [-0.2, -0.15) is 0 Å². The van der Waals surface area contributed by atoms with Gasteiger partial charge in [-0.1, -0.05) is 44.7 Å². The summed E-state index contributed by atoms with van der Waals surface area (Å²) in [7, 11) is 0. The third kappa shape index (κ3) is 5.23. The first-order valence-electron chi connectivity index (χ1n) is 7.88. The molecule has 0 radical (unpaired) electrons. The Labute approximate surface area is 118 Å². The molecule has 106 valence electrons. The van der Waals surface area contributed by atoms with E-state index >= 15 is 0 Å². The number of unbranched alkanes of at least 4 members (excludes halogenated alkanes) is 4. The van der Waals surface area contributed by atoms with Crippen LogP contribution in [0.1, 0.15) is 57.4 Å². The molecular formula is C17H28N2. The monoisotopic (exact) mass is 260 g/mol. The Hall–Kier alpha value is -1.02. The van der Waals surface area contributed by atoms with Crippen LogP contribution in [0.25, 0.3) is 0 Å². The highest BCUT2D eigenvalue weighted by molar-refractivity contribution is 5.40. The van der Waals surface area contributed by atoms with Crippen LogP contribution in [-0.4, -0.2) is 17.5 Å². The minimum absolute atomic E-state index is 0.840. The maximum Gasteiger partial charge on any atom is 0.0317 e. The molecule has 0 unspecified atom stereocenters. The molecule has 0 aliphatic heterocycles. The van der Waals surface area contributed by atoms with Gasteiger partial charge in [0.05, 0.1) is 0 Å². The zero-order chi connectivity index (χ0) is 13.5. The van der Waals surface area contributed by atoms with Gasteiger partial charge in [0.1, 0.15) is 0 Å². The molecule has 19 heavy (non-hydrogen) atoms. The molecule has 0 heterocycles. The lowest BCUT2D eigenvalue weighted by atomic mass is 10.1. The van der Waals surface area contributed by atoms with Gasteiger partial charge >= 0.3 is 0 Å². The Balaban J connectivity index is 1.76. The number of nitrogen functional groups attached to an aromatic ring is 1. The molecule has 1 fully saturated rings. The Bertz CT molecular complexity index is 371. The van der Waals surface area contributed by atoms with Gasteiger partial charge in [-0.05, 0) is 43.5 Å². The highest BCUT2D eigenvalue weighted by Gasteiger charge is 2.28. The fourth-order valence-corrected chi connectivity index (χ4v) is 2.67. The second-order valence-electron chi connectivity index (χ2n) is 5.86.